The molecule has 2 atom stereocenters. The van der Waals surface area contributed by atoms with Gasteiger partial charge in [-0.1, -0.05) is 26.2 Å². The van der Waals surface area contributed by atoms with Crippen LogP contribution in [0.25, 0.3) is 0 Å². The van der Waals surface area contributed by atoms with Crippen molar-refractivity contribution in [3.8, 4) is 6.07 Å². The van der Waals surface area contributed by atoms with Crippen LogP contribution >= 0.6 is 0 Å². The van der Waals surface area contributed by atoms with Gasteiger partial charge in [0.15, 0.2) is 0 Å². The van der Waals surface area contributed by atoms with E-state index in [1.807, 2.05) is 0 Å². The number of hydrogen-bond donors (Lipinski definition) is 0. The number of rotatable bonds is 3. The van der Waals surface area contributed by atoms with Gasteiger partial charge in [0.05, 0.1) is 12.0 Å². The molecule has 0 saturated heterocycles. The average molecular weight is 206 g/mol. The third-order valence-corrected chi connectivity index (χ3v) is 3.95. The lowest BCUT2D eigenvalue weighted by molar-refractivity contribution is 0.152. The van der Waals surface area contributed by atoms with Crippen LogP contribution in [0.15, 0.2) is 0 Å². The first-order chi connectivity index (χ1) is 7.36. The molecule has 2 heteroatoms. The molecule has 2 rings (SSSR count). The van der Waals surface area contributed by atoms with E-state index < -0.39 is 0 Å². The van der Waals surface area contributed by atoms with E-state index in [9.17, 15) is 5.26 Å². The molecule has 2 nitrogen and oxygen atoms in total. The quantitative estimate of drug-likeness (QED) is 0.664. The zero-order chi connectivity index (χ0) is 10.7. The first-order valence-corrected chi connectivity index (χ1v) is 6.52. The molecule has 2 unspecified atom stereocenters. The Morgan fingerprint density at radius 1 is 1.13 bits per heavy atom. The van der Waals surface area contributed by atoms with E-state index in [0.29, 0.717) is 12.0 Å². The summed E-state index contributed by atoms with van der Waals surface area (Å²) >= 11 is 0. The van der Waals surface area contributed by atoms with Gasteiger partial charge < -0.3 is 0 Å². The van der Waals surface area contributed by atoms with Gasteiger partial charge in [0.1, 0.15) is 0 Å². The maximum absolute atomic E-state index is 9.26. The van der Waals surface area contributed by atoms with Gasteiger partial charge in [-0.05, 0) is 32.2 Å². The van der Waals surface area contributed by atoms with Crippen LogP contribution in [-0.4, -0.2) is 23.5 Å². The highest BCUT2D eigenvalue weighted by Crippen LogP contribution is 2.35. The summed E-state index contributed by atoms with van der Waals surface area (Å²) in [6, 6.07) is 3.93. The van der Waals surface area contributed by atoms with Gasteiger partial charge in [-0.15, -0.1) is 0 Å². The van der Waals surface area contributed by atoms with Gasteiger partial charge in [-0.25, -0.2) is 0 Å². The lowest BCUT2D eigenvalue weighted by Crippen LogP contribution is -2.41. The van der Waals surface area contributed by atoms with E-state index in [4.69, 9.17) is 0 Å². The Morgan fingerprint density at radius 3 is 2.47 bits per heavy atom. The molecule has 2 aliphatic carbocycles. The number of hydrogen-bond acceptors (Lipinski definition) is 2. The molecular formula is C13H22N2. The van der Waals surface area contributed by atoms with Gasteiger partial charge in [-0.2, -0.15) is 5.26 Å². The maximum Gasteiger partial charge on any atom is 0.0672 e. The first kappa shape index (κ1) is 11.0. The van der Waals surface area contributed by atoms with Crippen LogP contribution < -0.4 is 0 Å². The highest BCUT2D eigenvalue weighted by molar-refractivity contribution is 4.98. The molecular weight excluding hydrogens is 184 g/mol. The lowest BCUT2D eigenvalue weighted by atomic mass is 9.94. The van der Waals surface area contributed by atoms with Gasteiger partial charge >= 0.3 is 0 Å². The van der Waals surface area contributed by atoms with Crippen molar-refractivity contribution in [2.45, 2.75) is 64.0 Å². The van der Waals surface area contributed by atoms with Gasteiger partial charge in [0, 0.05) is 12.1 Å². The third-order valence-electron chi connectivity index (χ3n) is 3.95. The minimum atomic E-state index is 0.299. The number of nitriles is 1. The Labute approximate surface area is 93.3 Å². The SMILES string of the molecule is CCN(C1CC1)C1CCCCCC1C#N. The van der Waals surface area contributed by atoms with Crippen LogP contribution in [0.1, 0.15) is 51.9 Å². The molecule has 0 amide bonds. The standard InChI is InChI=1S/C13H22N2/c1-2-15(12-8-9-12)13-7-5-3-4-6-11(13)10-14/h11-13H,2-9H2,1H3. The molecule has 84 valence electrons. The van der Waals surface area contributed by atoms with E-state index in [-0.39, 0.29) is 0 Å². The molecule has 2 saturated carbocycles. The molecule has 2 fully saturated rings. The maximum atomic E-state index is 9.26. The van der Waals surface area contributed by atoms with Crippen LogP contribution in [0.3, 0.4) is 0 Å². The molecule has 0 spiro atoms. The minimum Gasteiger partial charge on any atom is -0.296 e. The normalized spacial score (nSPS) is 32.3. The summed E-state index contributed by atoms with van der Waals surface area (Å²) in [7, 11) is 0. The Hall–Kier alpha value is -0.550. The van der Waals surface area contributed by atoms with E-state index >= 15 is 0 Å². The Balaban J connectivity index is 2.04. The van der Waals surface area contributed by atoms with Gasteiger partial charge in [0.2, 0.25) is 0 Å². The van der Waals surface area contributed by atoms with Crippen LogP contribution in [0, 0.1) is 17.2 Å². The van der Waals surface area contributed by atoms with Crippen LogP contribution in [-0.2, 0) is 0 Å². The van der Waals surface area contributed by atoms with Crippen molar-refractivity contribution < 1.29 is 0 Å². The Bertz CT molecular complexity index is 239. The van der Waals surface area contributed by atoms with Crippen LogP contribution in [0.5, 0.6) is 0 Å². The fraction of sp³-hybridized carbons (Fsp3) is 0.923. The van der Waals surface area contributed by atoms with Crippen molar-refractivity contribution >= 4 is 0 Å². The minimum absolute atomic E-state index is 0.299. The summed E-state index contributed by atoms with van der Waals surface area (Å²) in [5, 5.41) is 9.26. The van der Waals surface area contributed by atoms with E-state index in [1.165, 1.54) is 38.5 Å². The van der Waals surface area contributed by atoms with Crippen molar-refractivity contribution in [1.29, 1.82) is 5.26 Å². The molecule has 2 aliphatic rings. The predicted octanol–water partition coefficient (Wildman–Crippen LogP) is 2.94. The monoisotopic (exact) mass is 206 g/mol. The average Bonchev–Trinajstić information content (AvgIpc) is 3.06. The Kier molecular flexibility index (Phi) is 3.64. The molecule has 0 radical (unpaired) electrons. The third kappa shape index (κ3) is 2.52. The molecule has 0 heterocycles. The van der Waals surface area contributed by atoms with Crippen molar-refractivity contribution in [1.82, 2.24) is 4.90 Å². The highest BCUT2D eigenvalue weighted by atomic mass is 15.2. The molecule has 0 N–H and O–H groups in total. The largest absolute Gasteiger partial charge is 0.296 e. The van der Waals surface area contributed by atoms with Crippen LogP contribution in [0.2, 0.25) is 0 Å². The van der Waals surface area contributed by atoms with Gasteiger partial charge in [-0.3, -0.25) is 4.90 Å². The summed E-state index contributed by atoms with van der Waals surface area (Å²) in [4.78, 5) is 2.61. The van der Waals surface area contributed by atoms with Gasteiger partial charge in [0.25, 0.3) is 0 Å². The second-order valence-electron chi connectivity index (χ2n) is 5.00. The lowest BCUT2D eigenvalue weighted by Gasteiger charge is -2.32. The molecule has 0 aliphatic heterocycles. The second-order valence-corrected chi connectivity index (χ2v) is 5.00. The molecule has 15 heavy (non-hydrogen) atoms. The smallest absolute Gasteiger partial charge is 0.0672 e. The zero-order valence-corrected chi connectivity index (χ0v) is 9.78. The molecule has 0 aromatic rings. The second kappa shape index (κ2) is 4.99. The number of nitrogens with zero attached hydrogens (tertiary/aromatic N) is 2. The van der Waals surface area contributed by atoms with Crippen molar-refractivity contribution in [3.63, 3.8) is 0 Å². The van der Waals surface area contributed by atoms with E-state index in [0.717, 1.165) is 19.0 Å². The summed E-state index contributed by atoms with van der Waals surface area (Å²) in [6.07, 6.45) is 9.03. The van der Waals surface area contributed by atoms with E-state index in [1.54, 1.807) is 0 Å². The zero-order valence-electron chi connectivity index (χ0n) is 9.78. The van der Waals surface area contributed by atoms with Crippen molar-refractivity contribution in [2.75, 3.05) is 6.54 Å². The topological polar surface area (TPSA) is 27.0 Å². The summed E-state index contributed by atoms with van der Waals surface area (Å²) in [5.41, 5.74) is 0. The molecule has 0 aromatic carbocycles. The van der Waals surface area contributed by atoms with Crippen LogP contribution in [0.4, 0.5) is 0 Å². The highest BCUT2D eigenvalue weighted by Gasteiger charge is 2.36. The Morgan fingerprint density at radius 2 is 1.87 bits per heavy atom. The fourth-order valence-electron chi connectivity index (χ4n) is 3.01. The summed E-state index contributed by atoms with van der Waals surface area (Å²) in [5.74, 6) is 0.299. The summed E-state index contributed by atoms with van der Waals surface area (Å²) in [6.45, 7) is 3.38. The fourth-order valence-corrected chi connectivity index (χ4v) is 3.01. The van der Waals surface area contributed by atoms with Crippen molar-refractivity contribution in [2.24, 2.45) is 5.92 Å². The molecule has 0 aromatic heterocycles. The van der Waals surface area contributed by atoms with Crippen molar-refractivity contribution in [3.05, 3.63) is 0 Å². The predicted molar refractivity (Wildman–Crippen MR) is 61.4 cm³/mol. The van der Waals surface area contributed by atoms with E-state index in [2.05, 4.69) is 17.9 Å². The first-order valence-electron chi connectivity index (χ1n) is 6.52. The summed E-state index contributed by atoms with van der Waals surface area (Å²) < 4.78 is 0. The molecule has 0 bridgehead atoms.